The highest BCUT2D eigenvalue weighted by molar-refractivity contribution is 5.88. The van der Waals surface area contributed by atoms with Crippen molar-refractivity contribution in [1.82, 2.24) is 20.2 Å². The van der Waals surface area contributed by atoms with E-state index in [1.807, 2.05) is 37.3 Å². The van der Waals surface area contributed by atoms with Gasteiger partial charge < -0.3 is 10.6 Å². The first-order valence-corrected chi connectivity index (χ1v) is 8.92. The molecular weight excluding hydrogens is 354 g/mol. The highest BCUT2D eigenvalue weighted by atomic mass is 19.3. The zero-order chi connectivity index (χ0) is 19.6. The molecule has 0 bridgehead atoms. The largest absolute Gasteiger partial charge is 0.354 e. The third-order valence-corrected chi connectivity index (χ3v) is 4.04. The maximum atomic E-state index is 12.8. The molecule has 146 valence electrons. The molecule has 1 aromatic carbocycles. The first-order chi connectivity index (χ1) is 13.0. The Hall–Kier alpha value is -2.77. The van der Waals surface area contributed by atoms with E-state index in [1.165, 1.54) is 12.4 Å². The molecule has 27 heavy (non-hydrogen) atoms. The van der Waals surface area contributed by atoms with Crippen molar-refractivity contribution >= 4 is 11.8 Å². The normalized spacial score (nSPS) is 12.0. The maximum Gasteiger partial charge on any atom is 0.319 e. The van der Waals surface area contributed by atoms with Crippen molar-refractivity contribution < 1.29 is 18.4 Å². The SMILES string of the molecule is CCC[C@@H](NC(=O)Cc1ccccc1)C(=O)NCCc1nccn1C(F)F. The van der Waals surface area contributed by atoms with E-state index in [4.69, 9.17) is 0 Å². The second kappa shape index (κ2) is 10.4. The smallest absolute Gasteiger partial charge is 0.319 e. The van der Waals surface area contributed by atoms with Crippen LogP contribution in [-0.4, -0.2) is 34.0 Å². The summed E-state index contributed by atoms with van der Waals surface area (Å²) in [5.74, 6) is -0.359. The fourth-order valence-corrected chi connectivity index (χ4v) is 2.72. The highest BCUT2D eigenvalue weighted by Gasteiger charge is 2.20. The number of hydrogen-bond acceptors (Lipinski definition) is 3. The fraction of sp³-hybridized carbons (Fsp3) is 0.421. The van der Waals surface area contributed by atoms with Gasteiger partial charge in [0.2, 0.25) is 11.8 Å². The molecule has 0 aliphatic heterocycles. The molecular formula is C19H24F2N4O2. The Morgan fingerprint density at radius 3 is 2.63 bits per heavy atom. The molecule has 0 aliphatic rings. The summed E-state index contributed by atoms with van der Waals surface area (Å²) in [5, 5.41) is 5.44. The molecule has 0 saturated heterocycles. The molecule has 0 fully saturated rings. The topological polar surface area (TPSA) is 76.0 Å². The van der Waals surface area contributed by atoms with Crippen molar-refractivity contribution in [1.29, 1.82) is 0 Å². The molecule has 2 rings (SSSR count). The number of amides is 2. The lowest BCUT2D eigenvalue weighted by Gasteiger charge is -2.18. The molecule has 2 aromatic rings. The number of hydrogen-bond donors (Lipinski definition) is 2. The molecule has 0 aliphatic carbocycles. The van der Waals surface area contributed by atoms with E-state index in [1.54, 1.807) is 0 Å². The quantitative estimate of drug-likeness (QED) is 0.667. The van der Waals surface area contributed by atoms with Crippen LogP contribution in [0.5, 0.6) is 0 Å². The van der Waals surface area contributed by atoms with Gasteiger partial charge in [-0.1, -0.05) is 43.7 Å². The van der Waals surface area contributed by atoms with E-state index in [9.17, 15) is 18.4 Å². The molecule has 1 aromatic heterocycles. The number of halogens is 2. The highest BCUT2D eigenvalue weighted by Crippen LogP contribution is 2.12. The average molecular weight is 378 g/mol. The van der Waals surface area contributed by atoms with Gasteiger partial charge in [-0.2, -0.15) is 8.78 Å². The van der Waals surface area contributed by atoms with Crippen LogP contribution in [0.1, 0.15) is 37.7 Å². The Kier molecular flexibility index (Phi) is 7.91. The second-order valence-corrected chi connectivity index (χ2v) is 6.14. The summed E-state index contributed by atoms with van der Waals surface area (Å²) in [6, 6.07) is 8.61. The summed E-state index contributed by atoms with van der Waals surface area (Å²) in [7, 11) is 0. The number of carbonyl (C=O) groups excluding carboxylic acids is 2. The number of nitrogens with one attached hydrogen (secondary N) is 2. The van der Waals surface area contributed by atoms with Crippen LogP contribution >= 0.6 is 0 Å². The van der Waals surface area contributed by atoms with Gasteiger partial charge in [0.25, 0.3) is 0 Å². The molecule has 0 radical (unpaired) electrons. The number of benzene rings is 1. The van der Waals surface area contributed by atoms with Gasteiger partial charge in [0, 0.05) is 25.4 Å². The predicted octanol–water partition coefficient (Wildman–Crippen LogP) is 2.46. The summed E-state index contributed by atoms with van der Waals surface area (Å²) in [6.07, 6.45) is 4.09. The summed E-state index contributed by atoms with van der Waals surface area (Å²) in [6.45, 7) is -0.580. The number of rotatable bonds is 10. The van der Waals surface area contributed by atoms with E-state index in [0.717, 1.165) is 16.6 Å². The lowest BCUT2D eigenvalue weighted by atomic mass is 10.1. The van der Waals surface area contributed by atoms with Crippen LogP contribution in [0.15, 0.2) is 42.7 Å². The van der Waals surface area contributed by atoms with Crippen molar-refractivity contribution in [3.05, 3.63) is 54.1 Å². The lowest BCUT2D eigenvalue weighted by molar-refractivity contribution is -0.128. The summed E-state index contributed by atoms with van der Waals surface area (Å²) in [4.78, 5) is 28.4. The Morgan fingerprint density at radius 1 is 1.22 bits per heavy atom. The molecule has 8 heteroatoms. The monoisotopic (exact) mass is 378 g/mol. The Balaban J connectivity index is 1.84. The molecule has 0 saturated carbocycles. The number of imidazole rings is 1. The van der Waals surface area contributed by atoms with Gasteiger partial charge in [-0.05, 0) is 12.0 Å². The predicted molar refractivity (Wildman–Crippen MR) is 97.2 cm³/mol. The molecule has 0 unspecified atom stereocenters. The van der Waals surface area contributed by atoms with Crippen LogP contribution in [0.3, 0.4) is 0 Å². The average Bonchev–Trinajstić information content (AvgIpc) is 3.11. The van der Waals surface area contributed by atoms with Gasteiger partial charge in [0.1, 0.15) is 11.9 Å². The van der Waals surface area contributed by atoms with Gasteiger partial charge in [0.15, 0.2) is 0 Å². The second-order valence-electron chi connectivity index (χ2n) is 6.14. The van der Waals surface area contributed by atoms with E-state index in [0.29, 0.717) is 6.42 Å². The zero-order valence-electron chi connectivity index (χ0n) is 15.2. The minimum atomic E-state index is -2.66. The molecule has 2 amide bonds. The number of alkyl halides is 2. The van der Waals surface area contributed by atoms with Crippen molar-refractivity contribution in [2.75, 3.05) is 6.54 Å². The molecule has 0 spiro atoms. The Labute approximate surface area is 157 Å². The zero-order valence-corrected chi connectivity index (χ0v) is 15.2. The summed E-state index contributed by atoms with van der Waals surface area (Å²) >= 11 is 0. The van der Waals surface area contributed by atoms with Crippen LogP contribution < -0.4 is 10.6 Å². The van der Waals surface area contributed by atoms with Gasteiger partial charge in [-0.25, -0.2) is 4.98 Å². The minimum Gasteiger partial charge on any atom is -0.354 e. The van der Waals surface area contributed by atoms with E-state index in [-0.39, 0.29) is 37.0 Å². The molecule has 1 atom stereocenters. The van der Waals surface area contributed by atoms with E-state index in [2.05, 4.69) is 15.6 Å². The Bertz CT molecular complexity index is 734. The Morgan fingerprint density at radius 2 is 1.96 bits per heavy atom. The van der Waals surface area contributed by atoms with Crippen LogP contribution in [0.25, 0.3) is 0 Å². The van der Waals surface area contributed by atoms with Gasteiger partial charge >= 0.3 is 6.55 Å². The first-order valence-electron chi connectivity index (χ1n) is 8.92. The molecule has 6 nitrogen and oxygen atoms in total. The first kappa shape index (κ1) is 20.5. The maximum absolute atomic E-state index is 12.8. The fourth-order valence-electron chi connectivity index (χ4n) is 2.72. The van der Waals surface area contributed by atoms with Crippen LogP contribution in [-0.2, 0) is 22.4 Å². The molecule has 1 heterocycles. The number of carbonyl (C=O) groups is 2. The van der Waals surface area contributed by atoms with Crippen molar-refractivity contribution in [3.8, 4) is 0 Å². The van der Waals surface area contributed by atoms with Gasteiger partial charge in [-0.3, -0.25) is 14.2 Å². The van der Waals surface area contributed by atoms with Gasteiger partial charge in [-0.15, -0.1) is 0 Å². The van der Waals surface area contributed by atoms with Crippen LogP contribution in [0.4, 0.5) is 8.78 Å². The lowest BCUT2D eigenvalue weighted by Crippen LogP contribution is -2.47. The van der Waals surface area contributed by atoms with E-state index < -0.39 is 12.6 Å². The minimum absolute atomic E-state index is 0.164. The van der Waals surface area contributed by atoms with Crippen molar-refractivity contribution in [2.45, 2.75) is 45.2 Å². The van der Waals surface area contributed by atoms with E-state index >= 15 is 0 Å². The summed E-state index contributed by atoms with van der Waals surface area (Å²) < 4.78 is 26.3. The van der Waals surface area contributed by atoms with Crippen LogP contribution in [0.2, 0.25) is 0 Å². The number of aromatic nitrogens is 2. The molecule has 2 N–H and O–H groups in total. The van der Waals surface area contributed by atoms with Crippen molar-refractivity contribution in [3.63, 3.8) is 0 Å². The number of nitrogens with zero attached hydrogens (tertiary/aromatic N) is 2. The van der Waals surface area contributed by atoms with Crippen molar-refractivity contribution in [2.24, 2.45) is 0 Å². The standard InChI is InChI=1S/C19H24F2N4O2/c1-2-6-15(24-17(26)13-14-7-4-3-5-8-14)18(27)23-10-9-16-22-11-12-25(16)19(20)21/h3-5,7-8,11-12,15,19H,2,6,9-10,13H2,1H3,(H,23,27)(H,24,26)/t15-/m1/s1. The van der Waals surface area contributed by atoms with Crippen LogP contribution in [0, 0.1) is 0 Å². The summed E-state index contributed by atoms with van der Waals surface area (Å²) in [5.41, 5.74) is 0.865. The third kappa shape index (κ3) is 6.47. The van der Waals surface area contributed by atoms with Gasteiger partial charge in [0.05, 0.1) is 6.42 Å². The third-order valence-electron chi connectivity index (χ3n) is 4.04.